The zero-order valence-corrected chi connectivity index (χ0v) is 16.5. The van der Waals surface area contributed by atoms with Gasteiger partial charge in [0.05, 0.1) is 18.8 Å². The van der Waals surface area contributed by atoms with Gasteiger partial charge in [-0.15, -0.1) is 5.10 Å². The van der Waals surface area contributed by atoms with E-state index in [1.54, 1.807) is 11.8 Å². The molecule has 1 fully saturated rings. The highest BCUT2D eigenvalue weighted by molar-refractivity contribution is 5.76. The third-order valence-corrected chi connectivity index (χ3v) is 5.17. The predicted molar refractivity (Wildman–Crippen MR) is 104 cm³/mol. The van der Waals surface area contributed by atoms with Crippen molar-refractivity contribution in [3.05, 3.63) is 36.2 Å². The fourth-order valence-corrected chi connectivity index (χ4v) is 3.04. The van der Waals surface area contributed by atoms with Crippen molar-refractivity contribution in [1.82, 2.24) is 25.2 Å². The number of methoxy groups -OCH3 is 1. The predicted octanol–water partition coefficient (Wildman–Crippen LogP) is 1.09. The molecule has 8 heteroatoms. The third kappa shape index (κ3) is 4.39. The highest BCUT2D eigenvalue weighted by Crippen LogP contribution is 2.21. The lowest BCUT2D eigenvalue weighted by atomic mass is 10.0. The molecule has 0 radical (unpaired) electrons. The summed E-state index contributed by atoms with van der Waals surface area (Å²) in [5, 5.41) is 11.5. The first-order valence-electron chi connectivity index (χ1n) is 9.19. The van der Waals surface area contributed by atoms with E-state index in [1.165, 1.54) is 0 Å². The third-order valence-electron chi connectivity index (χ3n) is 5.17. The molecule has 1 aromatic heterocycles. The summed E-state index contributed by atoms with van der Waals surface area (Å²) in [6, 6.07) is 8.02. The number of carbonyl (C=O) groups is 1. The van der Waals surface area contributed by atoms with Gasteiger partial charge in [-0.1, -0.05) is 5.21 Å². The van der Waals surface area contributed by atoms with Crippen LogP contribution in [0.3, 0.4) is 0 Å². The minimum Gasteiger partial charge on any atom is -0.497 e. The van der Waals surface area contributed by atoms with E-state index in [2.05, 4.69) is 32.7 Å². The van der Waals surface area contributed by atoms with Gasteiger partial charge in [-0.25, -0.2) is 4.68 Å². The van der Waals surface area contributed by atoms with E-state index in [4.69, 9.17) is 4.74 Å². The van der Waals surface area contributed by atoms with E-state index in [1.807, 2.05) is 44.1 Å². The lowest BCUT2D eigenvalue weighted by molar-refractivity contribution is -0.132. The number of benzene rings is 1. The first-order valence-corrected chi connectivity index (χ1v) is 9.19. The number of nitrogens with one attached hydrogen (secondary N) is 1. The molecule has 27 heavy (non-hydrogen) atoms. The van der Waals surface area contributed by atoms with Crippen LogP contribution in [0.1, 0.15) is 19.5 Å². The standard InChI is InChI=1S/C19H28N6O2/c1-19(2,20-3)17-13-25(22-21-17)14-18(26)24-11-9-23(10-12-24)15-5-7-16(27-4)8-6-15/h5-8,13,20H,9-12,14H2,1-4H3. The second-order valence-corrected chi connectivity index (χ2v) is 7.24. The minimum atomic E-state index is -0.273. The number of hydrogen-bond acceptors (Lipinski definition) is 6. The van der Waals surface area contributed by atoms with E-state index in [-0.39, 0.29) is 18.0 Å². The average molecular weight is 372 g/mol. The molecule has 2 aromatic rings. The molecule has 1 aliphatic heterocycles. The Kier molecular flexibility index (Phi) is 5.65. The molecule has 146 valence electrons. The Hall–Kier alpha value is -2.61. The number of nitrogens with zero attached hydrogens (tertiary/aromatic N) is 5. The molecule has 2 heterocycles. The maximum absolute atomic E-state index is 12.6. The van der Waals surface area contributed by atoms with Crippen molar-refractivity contribution in [2.24, 2.45) is 0 Å². The Bertz CT molecular complexity index is 763. The molecular formula is C19H28N6O2. The van der Waals surface area contributed by atoms with Crippen molar-refractivity contribution < 1.29 is 9.53 Å². The van der Waals surface area contributed by atoms with E-state index < -0.39 is 0 Å². The smallest absolute Gasteiger partial charge is 0.244 e. The molecule has 1 amide bonds. The number of ether oxygens (including phenoxy) is 1. The summed E-state index contributed by atoms with van der Waals surface area (Å²) in [7, 11) is 3.55. The number of hydrogen-bond donors (Lipinski definition) is 1. The first kappa shape index (κ1) is 19.2. The van der Waals surface area contributed by atoms with Crippen molar-refractivity contribution in [3.63, 3.8) is 0 Å². The van der Waals surface area contributed by atoms with Crippen LogP contribution in [0.4, 0.5) is 5.69 Å². The second kappa shape index (κ2) is 7.96. The Morgan fingerprint density at radius 2 is 1.85 bits per heavy atom. The van der Waals surface area contributed by atoms with Crippen LogP contribution >= 0.6 is 0 Å². The van der Waals surface area contributed by atoms with Crippen LogP contribution in [0.25, 0.3) is 0 Å². The SMILES string of the molecule is CNC(C)(C)c1cn(CC(=O)N2CCN(c3ccc(OC)cc3)CC2)nn1. The number of rotatable bonds is 6. The highest BCUT2D eigenvalue weighted by Gasteiger charge is 2.24. The van der Waals surface area contributed by atoms with Gasteiger partial charge in [0.1, 0.15) is 18.0 Å². The van der Waals surface area contributed by atoms with Gasteiger partial charge in [-0.3, -0.25) is 4.79 Å². The van der Waals surface area contributed by atoms with Gasteiger partial charge >= 0.3 is 0 Å². The van der Waals surface area contributed by atoms with Gasteiger partial charge in [0.2, 0.25) is 5.91 Å². The van der Waals surface area contributed by atoms with Gasteiger partial charge < -0.3 is 19.9 Å². The Morgan fingerprint density at radius 1 is 1.19 bits per heavy atom. The number of piperazine rings is 1. The van der Waals surface area contributed by atoms with Crippen LogP contribution < -0.4 is 15.0 Å². The first-order chi connectivity index (χ1) is 12.9. The molecule has 1 aliphatic rings. The molecule has 0 bridgehead atoms. The van der Waals surface area contributed by atoms with Crippen LogP contribution in [0.5, 0.6) is 5.75 Å². The summed E-state index contributed by atoms with van der Waals surface area (Å²) in [4.78, 5) is 16.8. The average Bonchev–Trinajstić information content (AvgIpc) is 3.17. The largest absolute Gasteiger partial charge is 0.497 e. The Labute approximate surface area is 160 Å². The van der Waals surface area contributed by atoms with Crippen LogP contribution in [0.15, 0.2) is 30.5 Å². The summed E-state index contributed by atoms with van der Waals surface area (Å²) in [6.07, 6.45) is 1.84. The number of aromatic nitrogens is 3. The van der Waals surface area contributed by atoms with Gasteiger partial charge in [0.15, 0.2) is 0 Å². The number of carbonyl (C=O) groups excluding carboxylic acids is 1. The molecule has 1 N–H and O–H groups in total. The van der Waals surface area contributed by atoms with Gasteiger partial charge in [0.25, 0.3) is 0 Å². The van der Waals surface area contributed by atoms with E-state index in [9.17, 15) is 4.79 Å². The molecule has 0 unspecified atom stereocenters. The molecule has 0 atom stereocenters. The lowest BCUT2D eigenvalue weighted by Crippen LogP contribution is -2.49. The Morgan fingerprint density at radius 3 is 2.44 bits per heavy atom. The van der Waals surface area contributed by atoms with Gasteiger partial charge in [-0.2, -0.15) is 0 Å². The minimum absolute atomic E-state index is 0.0723. The number of amides is 1. The normalized spacial score (nSPS) is 15.1. The summed E-state index contributed by atoms with van der Waals surface area (Å²) in [6.45, 7) is 7.31. The van der Waals surface area contributed by atoms with Gasteiger partial charge in [-0.05, 0) is 45.2 Å². The van der Waals surface area contributed by atoms with E-state index in [0.29, 0.717) is 13.1 Å². The van der Waals surface area contributed by atoms with Crippen LogP contribution in [0.2, 0.25) is 0 Å². The quantitative estimate of drug-likeness (QED) is 0.818. The van der Waals surface area contributed by atoms with Crippen molar-refractivity contribution in [3.8, 4) is 5.75 Å². The molecule has 3 rings (SSSR count). The van der Waals surface area contributed by atoms with Crippen molar-refractivity contribution in [2.75, 3.05) is 45.2 Å². The monoisotopic (exact) mass is 372 g/mol. The maximum atomic E-state index is 12.6. The summed E-state index contributed by atoms with van der Waals surface area (Å²) < 4.78 is 6.82. The molecule has 1 aromatic carbocycles. The van der Waals surface area contributed by atoms with Gasteiger partial charge in [0, 0.05) is 31.9 Å². The van der Waals surface area contributed by atoms with E-state index in [0.717, 1.165) is 30.2 Å². The highest BCUT2D eigenvalue weighted by atomic mass is 16.5. The van der Waals surface area contributed by atoms with Crippen molar-refractivity contribution in [2.45, 2.75) is 25.9 Å². The summed E-state index contributed by atoms with van der Waals surface area (Å²) >= 11 is 0. The summed E-state index contributed by atoms with van der Waals surface area (Å²) in [5.41, 5.74) is 1.70. The molecule has 0 aliphatic carbocycles. The molecular weight excluding hydrogens is 344 g/mol. The zero-order chi connectivity index (χ0) is 19.4. The van der Waals surface area contributed by atoms with Crippen molar-refractivity contribution >= 4 is 11.6 Å². The lowest BCUT2D eigenvalue weighted by Gasteiger charge is -2.36. The zero-order valence-electron chi connectivity index (χ0n) is 16.5. The topological polar surface area (TPSA) is 75.5 Å². The summed E-state index contributed by atoms with van der Waals surface area (Å²) in [5.74, 6) is 0.921. The fourth-order valence-electron chi connectivity index (χ4n) is 3.04. The maximum Gasteiger partial charge on any atom is 0.244 e. The van der Waals surface area contributed by atoms with Crippen LogP contribution in [0, 0.1) is 0 Å². The molecule has 0 spiro atoms. The second-order valence-electron chi connectivity index (χ2n) is 7.24. The van der Waals surface area contributed by atoms with Crippen LogP contribution in [-0.2, 0) is 16.9 Å². The molecule has 1 saturated heterocycles. The Balaban J connectivity index is 1.54. The van der Waals surface area contributed by atoms with Crippen LogP contribution in [-0.4, -0.2) is 66.1 Å². The van der Waals surface area contributed by atoms with Crippen molar-refractivity contribution in [1.29, 1.82) is 0 Å². The van der Waals surface area contributed by atoms with E-state index >= 15 is 0 Å². The number of anilines is 1. The fraction of sp³-hybridized carbons (Fsp3) is 0.526. The molecule has 8 nitrogen and oxygen atoms in total. The molecule has 0 saturated carbocycles.